The van der Waals surface area contributed by atoms with Crippen molar-refractivity contribution in [2.75, 3.05) is 24.2 Å². The van der Waals surface area contributed by atoms with Gasteiger partial charge in [0.1, 0.15) is 5.82 Å². The van der Waals surface area contributed by atoms with E-state index in [0.717, 1.165) is 11.3 Å². The van der Waals surface area contributed by atoms with Crippen LogP contribution in [-0.4, -0.2) is 28.2 Å². The zero-order valence-electron chi connectivity index (χ0n) is 10.5. The van der Waals surface area contributed by atoms with Crippen molar-refractivity contribution in [3.8, 4) is 0 Å². The van der Waals surface area contributed by atoms with Crippen molar-refractivity contribution in [2.24, 2.45) is 0 Å². The molecule has 0 unspecified atom stereocenters. The number of nitrogens with two attached hydrogens (primary N) is 1. The molecule has 2 rings (SSSR count). The van der Waals surface area contributed by atoms with Gasteiger partial charge in [0.25, 0.3) is 0 Å². The third-order valence-electron chi connectivity index (χ3n) is 2.43. The average molecular weight is 256 g/mol. The average Bonchev–Trinajstić information content (AvgIpc) is 2.43. The Morgan fingerprint density at radius 3 is 2.68 bits per heavy atom. The zero-order chi connectivity index (χ0) is 13.5. The van der Waals surface area contributed by atoms with Gasteiger partial charge in [-0.3, -0.25) is 0 Å². The van der Waals surface area contributed by atoms with E-state index in [1.165, 1.54) is 0 Å². The predicted octanol–water partition coefficient (Wildman–Crippen LogP) is 1.63. The number of nitrogens with zero attached hydrogens (tertiary/aromatic N) is 2. The van der Waals surface area contributed by atoms with E-state index in [1.54, 1.807) is 6.07 Å². The molecule has 0 bridgehead atoms. The van der Waals surface area contributed by atoms with Gasteiger partial charge >= 0.3 is 0 Å². The fourth-order valence-corrected chi connectivity index (χ4v) is 1.59. The maximum Gasteiger partial charge on any atom is 0.222 e. The van der Waals surface area contributed by atoms with Gasteiger partial charge in [0, 0.05) is 12.6 Å². The van der Waals surface area contributed by atoms with Gasteiger partial charge < -0.3 is 16.2 Å². The highest BCUT2D eigenvalue weighted by atomic mass is 16.3. The number of hydrogen-bond donors (Lipinski definition) is 3. The topological polar surface area (TPSA) is 84.1 Å². The minimum absolute atomic E-state index is 0.0408. The zero-order valence-corrected chi connectivity index (χ0v) is 10.5. The maximum absolute atomic E-state index is 8.77. The number of hydrogen-bond acceptors (Lipinski definition) is 5. The van der Waals surface area contributed by atoms with Gasteiger partial charge in [-0.25, -0.2) is 4.98 Å². The molecule has 0 saturated heterocycles. The molecule has 0 aliphatic rings. The Bertz CT molecular complexity index is 555. The lowest BCUT2D eigenvalue weighted by Gasteiger charge is -2.05. The van der Waals surface area contributed by atoms with Crippen molar-refractivity contribution in [1.29, 1.82) is 0 Å². The van der Waals surface area contributed by atoms with Crippen LogP contribution in [0.1, 0.15) is 11.3 Å². The lowest BCUT2D eigenvalue weighted by molar-refractivity contribution is 0.311. The van der Waals surface area contributed by atoms with Crippen LogP contribution in [-0.2, 0) is 0 Å². The molecule has 0 radical (unpaired) electrons. The smallest absolute Gasteiger partial charge is 0.222 e. The van der Waals surface area contributed by atoms with Crippen molar-refractivity contribution in [3.05, 3.63) is 47.7 Å². The Kier molecular flexibility index (Phi) is 4.47. The van der Waals surface area contributed by atoms with Crippen molar-refractivity contribution in [3.63, 3.8) is 0 Å². The number of nitrogen functional groups attached to an aromatic ring is 1. The summed E-state index contributed by atoms with van der Waals surface area (Å²) >= 11 is 0. The summed E-state index contributed by atoms with van der Waals surface area (Å²) in [6.45, 7) is 0.470. The molecule has 5 heteroatoms. The van der Waals surface area contributed by atoms with Gasteiger partial charge in [0.05, 0.1) is 12.3 Å². The van der Waals surface area contributed by atoms with E-state index < -0.39 is 0 Å². The van der Waals surface area contributed by atoms with Crippen molar-refractivity contribution >= 4 is 23.9 Å². The highest BCUT2D eigenvalue weighted by Crippen LogP contribution is 2.11. The first kappa shape index (κ1) is 13.0. The van der Waals surface area contributed by atoms with Crippen molar-refractivity contribution < 1.29 is 5.11 Å². The van der Waals surface area contributed by atoms with Crippen molar-refractivity contribution in [2.45, 2.75) is 0 Å². The van der Waals surface area contributed by atoms with Crippen LogP contribution < -0.4 is 11.1 Å². The van der Waals surface area contributed by atoms with Crippen LogP contribution in [0.3, 0.4) is 0 Å². The van der Waals surface area contributed by atoms with Crippen molar-refractivity contribution in [1.82, 2.24) is 9.97 Å². The summed E-state index contributed by atoms with van der Waals surface area (Å²) in [4.78, 5) is 8.17. The standard InChI is InChI=1S/C14H16N4O/c15-14-17-12(10-13(18-14)16-8-9-19)7-6-11-4-2-1-3-5-11/h1-7,10,19H,8-9H2,(H3,15,16,17,18)/b7-6+. The van der Waals surface area contributed by atoms with Gasteiger partial charge in [-0.1, -0.05) is 36.4 Å². The largest absolute Gasteiger partial charge is 0.395 e. The summed E-state index contributed by atoms with van der Waals surface area (Å²) in [5, 5.41) is 11.7. The molecule has 1 heterocycles. The number of benzene rings is 1. The normalized spacial score (nSPS) is 10.8. The molecule has 5 nitrogen and oxygen atoms in total. The molecule has 1 aromatic carbocycles. The van der Waals surface area contributed by atoms with Gasteiger partial charge in [0.15, 0.2) is 0 Å². The summed E-state index contributed by atoms with van der Waals surface area (Å²) in [6, 6.07) is 11.7. The molecular formula is C14H16N4O. The Labute approximate surface area is 111 Å². The Balaban J connectivity index is 2.15. The van der Waals surface area contributed by atoms with E-state index in [2.05, 4.69) is 15.3 Å². The van der Waals surface area contributed by atoms with E-state index in [9.17, 15) is 0 Å². The van der Waals surface area contributed by atoms with Crippen LogP contribution in [0.5, 0.6) is 0 Å². The third-order valence-corrected chi connectivity index (χ3v) is 2.43. The molecule has 4 N–H and O–H groups in total. The molecule has 0 saturated carbocycles. The Morgan fingerprint density at radius 1 is 1.16 bits per heavy atom. The first-order valence-electron chi connectivity index (χ1n) is 6.00. The minimum Gasteiger partial charge on any atom is -0.395 e. The summed E-state index contributed by atoms with van der Waals surface area (Å²) in [7, 11) is 0. The fraction of sp³-hybridized carbons (Fsp3) is 0.143. The van der Waals surface area contributed by atoms with E-state index in [4.69, 9.17) is 10.8 Å². The molecule has 0 spiro atoms. The molecule has 0 aliphatic carbocycles. The molecule has 19 heavy (non-hydrogen) atoms. The lowest BCUT2D eigenvalue weighted by Crippen LogP contribution is -2.09. The first-order valence-corrected chi connectivity index (χ1v) is 6.00. The Hall–Kier alpha value is -2.40. The third kappa shape index (κ3) is 4.08. The maximum atomic E-state index is 8.77. The van der Waals surface area contributed by atoms with Gasteiger partial charge in [-0.2, -0.15) is 4.98 Å². The second-order valence-corrected chi connectivity index (χ2v) is 3.93. The number of aliphatic hydroxyl groups excluding tert-OH is 1. The van der Waals surface area contributed by atoms with E-state index in [-0.39, 0.29) is 12.6 Å². The first-order chi connectivity index (χ1) is 9.28. The molecule has 0 atom stereocenters. The van der Waals surface area contributed by atoms with Crippen LogP contribution in [0.15, 0.2) is 36.4 Å². The molecule has 0 fully saturated rings. The quantitative estimate of drug-likeness (QED) is 0.757. The van der Waals surface area contributed by atoms with Crippen LogP contribution in [0.25, 0.3) is 12.2 Å². The monoisotopic (exact) mass is 256 g/mol. The van der Waals surface area contributed by atoms with Crippen LogP contribution >= 0.6 is 0 Å². The summed E-state index contributed by atoms with van der Waals surface area (Å²) < 4.78 is 0. The predicted molar refractivity (Wildman–Crippen MR) is 77.4 cm³/mol. The van der Waals surface area contributed by atoms with E-state index >= 15 is 0 Å². The van der Waals surface area contributed by atoms with E-state index in [1.807, 2.05) is 42.5 Å². The minimum atomic E-state index is 0.0408. The number of aliphatic hydroxyl groups is 1. The second kappa shape index (κ2) is 6.51. The highest BCUT2D eigenvalue weighted by molar-refractivity contribution is 5.69. The van der Waals surface area contributed by atoms with Crippen LogP contribution in [0, 0.1) is 0 Å². The fourth-order valence-electron chi connectivity index (χ4n) is 1.59. The summed E-state index contributed by atoms with van der Waals surface area (Å²) in [5.74, 6) is 0.810. The number of nitrogens with one attached hydrogen (secondary N) is 1. The molecule has 0 amide bonds. The van der Waals surface area contributed by atoms with E-state index in [0.29, 0.717) is 12.4 Å². The number of anilines is 2. The lowest BCUT2D eigenvalue weighted by atomic mass is 10.2. The van der Waals surface area contributed by atoms with Gasteiger partial charge in [-0.15, -0.1) is 0 Å². The molecule has 1 aromatic heterocycles. The van der Waals surface area contributed by atoms with Gasteiger partial charge in [-0.05, 0) is 11.6 Å². The summed E-state index contributed by atoms with van der Waals surface area (Å²) in [5.41, 5.74) is 7.45. The Morgan fingerprint density at radius 2 is 1.95 bits per heavy atom. The molecular weight excluding hydrogens is 240 g/mol. The molecule has 2 aromatic rings. The number of rotatable bonds is 5. The van der Waals surface area contributed by atoms with Crippen LogP contribution in [0.2, 0.25) is 0 Å². The highest BCUT2D eigenvalue weighted by Gasteiger charge is 1.99. The van der Waals surface area contributed by atoms with Crippen LogP contribution in [0.4, 0.5) is 11.8 Å². The second-order valence-electron chi connectivity index (χ2n) is 3.93. The van der Waals surface area contributed by atoms with Gasteiger partial charge in [0.2, 0.25) is 5.95 Å². The summed E-state index contributed by atoms with van der Waals surface area (Å²) in [6.07, 6.45) is 3.83. The number of aromatic nitrogens is 2. The molecule has 0 aliphatic heterocycles. The SMILES string of the molecule is Nc1nc(/C=C/c2ccccc2)cc(NCCO)n1. The molecule has 98 valence electrons.